The van der Waals surface area contributed by atoms with Crippen LogP contribution < -0.4 is 5.32 Å². The van der Waals surface area contributed by atoms with Crippen LogP contribution in [0.1, 0.15) is 87.2 Å². The topological polar surface area (TPSA) is 71.4 Å². The maximum absolute atomic E-state index is 13.1. The molecule has 1 N–H and O–H groups in total. The zero-order valence-electron chi connectivity index (χ0n) is 17.5. The van der Waals surface area contributed by atoms with Gasteiger partial charge in [-0.3, -0.25) is 19.8 Å². The number of urea groups is 1. The van der Waals surface area contributed by atoms with Crippen LogP contribution in [0.15, 0.2) is 11.6 Å². The first-order valence-corrected chi connectivity index (χ1v) is 11.1. The molecule has 2 saturated carbocycles. The van der Waals surface area contributed by atoms with E-state index in [-0.39, 0.29) is 11.6 Å². The van der Waals surface area contributed by atoms with E-state index in [0.717, 1.165) is 49.1 Å². The summed E-state index contributed by atoms with van der Waals surface area (Å²) in [5.74, 6) is -1.04. The Morgan fingerprint density at radius 2 is 1.48 bits per heavy atom. The van der Waals surface area contributed by atoms with Crippen LogP contribution in [-0.4, -0.2) is 33.4 Å². The molecule has 4 rings (SSSR count). The number of hydrogen-bond donors (Lipinski definition) is 1. The van der Waals surface area contributed by atoms with Gasteiger partial charge in [0.1, 0.15) is 5.57 Å². The molecule has 3 aliphatic rings. The molecule has 0 aromatic carbocycles. The quantitative estimate of drug-likeness (QED) is 0.607. The van der Waals surface area contributed by atoms with Gasteiger partial charge in [0.2, 0.25) is 0 Å². The van der Waals surface area contributed by atoms with Gasteiger partial charge >= 0.3 is 6.03 Å². The Hall–Kier alpha value is -2.37. The summed E-state index contributed by atoms with van der Waals surface area (Å²) < 4.78 is 2.36. The predicted octanol–water partition coefficient (Wildman–Crippen LogP) is 4.40. The normalized spacial score (nSPS) is 23.7. The Labute approximate surface area is 172 Å². The van der Waals surface area contributed by atoms with Crippen molar-refractivity contribution < 1.29 is 14.4 Å². The molecule has 0 unspecified atom stereocenters. The minimum atomic E-state index is -0.588. The van der Waals surface area contributed by atoms with E-state index in [1.807, 2.05) is 0 Å². The molecule has 2 heterocycles. The van der Waals surface area contributed by atoms with Crippen molar-refractivity contribution in [1.82, 2.24) is 14.8 Å². The van der Waals surface area contributed by atoms with Crippen LogP contribution in [0.25, 0.3) is 6.08 Å². The van der Waals surface area contributed by atoms with Crippen molar-refractivity contribution in [2.24, 2.45) is 0 Å². The number of imide groups is 2. The van der Waals surface area contributed by atoms with E-state index in [9.17, 15) is 14.4 Å². The van der Waals surface area contributed by atoms with Crippen LogP contribution in [-0.2, 0) is 9.59 Å². The van der Waals surface area contributed by atoms with Crippen molar-refractivity contribution in [2.45, 2.75) is 90.1 Å². The molecule has 4 amide bonds. The highest BCUT2D eigenvalue weighted by Gasteiger charge is 2.40. The van der Waals surface area contributed by atoms with Gasteiger partial charge in [-0.25, -0.2) is 4.79 Å². The molecule has 6 nitrogen and oxygen atoms in total. The molecular formula is C23H31N3O3. The van der Waals surface area contributed by atoms with Gasteiger partial charge in [-0.05, 0) is 57.2 Å². The second-order valence-electron chi connectivity index (χ2n) is 8.77. The number of barbiturate groups is 1. The standard InChI is InChI=1S/C23H31N3O3/c1-15-13-17(16(2)25(15)18-9-5-3-6-10-18)14-20-21(27)24-23(29)26(22(20)28)19-11-7-4-8-12-19/h13-14,18-19H,3-12H2,1-2H3,(H,24,27,29). The maximum Gasteiger partial charge on any atom is 0.331 e. The van der Waals surface area contributed by atoms with Crippen molar-refractivity contribution in [3.05, 3.63) is 28.6 Å². The number of aryl methyl sites for hydroxylation is 1. The Kier molecular flexibility index (Phi) is 5.61. The Balaban J connectivity index is 1.65. The molecule has 156 valence electrons. The molecule has 6 heteroatoms. The summed E-state index contributed by atoms with van der Waals surface area (Å²) in [5.41, 5.74) is 3.21. The Morgan fingerprint density at radius 3 is 2.10 bits per heavy atom. The first kappa shape index (κ1) is 19.9. The van der Waals surface area contributed by atoms with E-state index in [2.05, 4.69) is 29.8 Å². The lowest BCUT2D eigenvalue weighted by Gasteiger charge is -2.35. The third-order valence-electron chi connectivity index (χ3n) is 6.84. The number of hydrogen-bond acceptors (Lipinski definition) is 3. The van der Waals surface area contributed by atoms with Crippen LogP contribution in [0.5, 0.6) is 0 Å². The molecule has 1 aliphatic heterocycles. The van der Waals surface area contributed by atoms with Crippen LogP contribution >= 0.6 is 0 Å². The average Bonchev–Trinajstić information content (AvgIpc) is 2.99. The summed E-state index contributed by atoms with van der Waals surface area (Å²) in [4.78, 5) is 39.3. The molecule has 3 fully saturated rings. The third kappa shape index (κ3) is 3.77. The van der Waals surface area contributed by atoms with Crippen molar-refractivity contribution in [1.29, 1.82) is 0 Å². The van der Waals surface area contributed by atoms with Crippen LogP contribution in [0.4, 0.5) is 4.79 Å². The first-order chi connectivity index (χ1) is 14.0. The highest BCUT2D eigenvalue weighted by Crippen LogP contribution is 2.33. The fourth-order valence-corrected chi connectivity index (χ4v) is 5.35. The SMILES string of the molecule is Cc1cc(C=C2C(=O)NC(=O)N(C3CCCCC3)C2=O)c(C)n1C1CCCCC1. The molecule has 1 aromatic rings. The van der Waals surface area contributed by atoms with Crippen LogP contribution in [0, 0.1) is 13.8 Å². The number of rotatable bonds is 3. The maximum atomic E-state index is 13.1. The van der Waals surface area contributed by atoms with Crippen molar-refractivity contribution in [3.63, 3.8) is 0 Å². The highest BCUT2D eigenvalue weighted by molar-refractivity contribution is 6.31. The van der Waals surface area contributed by atoms with E-state index in [1.165, 1.54) is 37.0 Å². The Bertz CT molecular complexity index is 855. The molecule has 0 radical (unpaired) electrons. The van der Waals surface area contributed by atoms with Gasteiger partial charge in [-0.2, -0.15) is 0 Å². The number of nitrogens with zero attached hydrogens (tertiary/aromatic N) is 2. The van der Waals surface area contributed by atoms with Crippen molar-refractivity contribution in [3.8, 4) is 0 Å². The molecule has 1 aromatic heterocycles. The zero-order chi connectivity index (χ0) is 20.5. The smallest absolute Gasteiger partial charge is 0.331 e. The summed E-state index contributed by atoms with van der Waals surface area (Å²) in [5, 5.41) is 2.38. The monoisotopic (exact) mass is 397 g/mol. The van der Waals surface area contributed by atoms with Gasteiger partial charge in [0, 0.05) is 23.5 Å². The fraction of sp³-hybridized carbons (Fsp3) is 0.609. The van der Waals surface area contributed by atoms with Gasteiger partial charge in [-0.1, -0.05) is 38.5 Å². The molecular weight excluding hydrogens is 366 g/mol. The van der Waals surface area contributed by atoms with Gasteiger partial charge in [-0.15, -0.1) is 0 Å². The number of aromatic nitrogens is 1. The minimum absolute atomic E-state index is 0.0686. The lowest BCUT2D eigenvalue weighted by atomic mass is 9.93. The summed E-state index contributed by atoms with van der Waals surface area (Å²) in [6.45, 7) is 4.15. The van der Waals surface area contributed by atoms with E-state index in [1.54, 1.807) is 6.08 Å². The number of carbonyl (C=O) groups excluding carboxylic acids is 3. The average molecular weight is 398 g/mol. The third-order valence-corrected chi connectivity index (χ3v) is 6.84. The number of carbonyl (C=O) groups is 3. The minimum Gasteiger partial charge on any atom is -0.346 e. The zero-order valence-corrected chi connectivity index (χ0v) is 17.5. The largest absolute Gasteiger partial charge is 0.346 e. The van der Waals surface area contributed by atoms with Gasteiger partial charge in [0.05, 0.1) is 0 Å². The second-order valence-corrected chi connectivity index (χ2v) is 8.77. The second kappa shape index (κ2) is 8.17. The molecule has 0 atom stereocenters. The van der Waals surface area contributed by atoms with E-state index >= 15 is 0 Å². The molecule has 1 saturated heterocycles. The molecule has 0 bridgehead atoms. The molecule has 0 spiro atoms. The number of amides is 4. The highest BCUT2D eigenvalue weighted by atomic mass is 16.2. The van der Waals surface area contributed by atoms with Gasteiger partial charge in [0.15, 0.2) is 0 Å². The lowest BCUT2D eigenvalue weighted by Crippen LogP contribution is -2.58. The van der Waals surface area contributed by atoms with Crippen molar-refractivity contribution in [2.75, 3.05) is 0 Å². The summed E-state index contributed by atoms with van der Waals surface area (Å²) in [7, 11) is 0. The molecule has 2 aliphatic carbocycles. The van der Waals surface area contributed by atoms with Crippen molar-refractivity contribution >= 4 is 23.9 Å². The predicted molar refractivity (Wildman–Crippen MR) is 111 cm³/mol. The van der Waals surface area contributed by atoms with Crippen LogP contribution in [0.3, 0.4) is 0 Å². The summed E-state index contributed by atoms with van der Waals surface area (Å²) >= 11 is 0. The summed E-state index contributed by atoms with van der Waals surface area (Å²) in [6.07, 6.45) is 12.6. The van der Waals surface area contributed by atoms with Crippen LogP contribution in [0.2, 0.25) is 0 Å². The summed E-state index contributed by atoms with van der Waals surface area (Å²) in [6, 6.07) is 1.87. The fourth-order valence-electron chi connectivity index (χ4n) is 5.35. The van der Waals surface area contributed by atoms with E-state index < -0.39 is 17.8 Å². The van der Waals surface area contributed by atoms with Gasteiger partial charge < -0.3 is 4.57 Å². The van der Waals surface area contributed by atoms with E-state index in [0.29, 0.717) is 6.04 Å². The first-order valence-electron chi connectivity index (χ1n) is 11.1. The number of nitrogens with one attached hydrogen (secondary N) is 1. The Morgan fingerprint density at radius 1 is 0.897 bits per heavy atom. The van der Waals surface area contributed by atoms with E-state index in [4.69, 9.17) is 0 Å². The van der Waals surface area contributed by atoms with Gasteiger partial charge in [0.25, 0.3) is 11.8 Å². The molecule has 29 heavy (non-hydrogen) atoms. The lowest BCUT2D eigenvalue weighted by molar-refractivity contribution is -0.132.